The molecule has 2 aromatic carbocycles. The number of rotatable bonds is 3. The Morgan fingerprint density at radius 1 is 1.25 bits per heavy atom. The normalized spacial score (nSPS) is 14.8. The van der Waals surface area contributed by atoms with Gasteiger partial charge < -0.3 is 10.1 Å². The molecule has 1 aliphatic rings. The number of benzene rings is 2. The summed E-state index contributed by atoms with van der Waals surface area (Å²) in [5.41, 5.74) is 2.90. The summed E-state index contributed by atoms with van der Waals surface area (Å²) >= 11 is 3.29. The minimum absolute atomic E-state index is 0.158. The van der Waals surface area contributed by atoms with Gasteiger partial charge in [-0.25, -0.2) is 4.39 Å². The first-order valence-electron chi connectivity index (χ1n) is 6.57. The predicted octanol–water partition coefficient (Wildman–Crippen LogP) is 3.83. The lowest BCUT2D eigenvalue weighted by molar-refractivity contribution is 0.357. The first kappa shape index (κ1) is 13.6. The summed E-state index contributed by atoms with van der Waals surface area (Å²) in [4.78, 5) is 0. The molecule has 0 saturated carbocycles. The maximum absolute atomic E-state index is 14.2. The molecule has 1 heterocycles. The van der Waals surface area contributed by atoms with Crippen molar-refractivity contribution < 1.29 is 9.13 Å². The van der Waals surface area contributed by atoms with Gasteiger partial charge in [0.15, 0.2) is 0 Å². The summed E-state index contributed by atoms with van der Waals surface area (Å²) in [6.07, 6.45) is 0.919. The monoisotopic (exact) mass is 335 g/mol. The maximum atomic E-state index is 14.2. The van der Waals surface area contributed by atoms with Crippen molar-refractivity contribution in [2.45, 2.75) is 12.5 Å². The van der Waals surface area contributed by atoms with Crippen LogP contribution in [0, 0.1) is 5.82 Å². The summed E-state index contributed by atoms with van der Waals surface area (Å²) in [6, 6.07) is 11.1. The summed E-state index contributed by atoms with van der Waals surface area (Å²) < 4.78 is 20.4. The fraction of sp³-hybridized carbons (Fsp3) is 0.250. The lowest BCUT2D eigenvalue weighted by Gasteiger charge is -2.19. The zero-order chi connectivity index (χ0) is 14.1. The highest BCUT2D eigenvalue weighted by Crippen LogP contribution is 2.31. The first-order valence-corrected chi connectivity index (χ1v) is 7.36. The smallest absolute Gasteiger partial charge is 0.129 e. The fourth-order valence-corrected chi connectivity index (χ4v) is 2.96. The van der Waals surface area contributed by atoms with E-state index in [4.69, 9.17) is 4.74 Å². The number of ether oxygens (including phenoxy) is 1. The van der Waals surface area contributed by atoms with Crippen molar-refractivity contribution in [3.05, 3.63) is 63.4 Å². The van der Waals surface area contributed by atoms with E-state index in [0.717, 1.165) is 28.8 Å². The molecule has 2 nitrogen and oxygen atoms in total. The van der Waals surface area contributed by atoms with Gasteiger partial charge in [-0.2, -0.15) is 0 Å². The molecule has 1 atom stereocenters. The van der Waals surface area contributed by atoms with Gasteiger partial charge in [0.2, 0.25) is 0 Å². The predicted molar refractivity (Wildman–Crippen MR) is 80.6 cm³/mol. The maximum Gasteiger partial charge on any atom is 0.129 e. The number of fused-ring (bicyclic) bond motifs is 1. The molecule has 1 unspecified atom stereocenters. The van der Waals surface area contributed by atoms with E-state index in [1.54, 1.807) is 0 Å². The van der Waals surface area contributed by atoms with Crippen LogP contribution in [0.15, 0.2) is 40.9 Å². The van der Waals surface area contributed by atoms with Gasteiger partial charge in [0.25, 0.3) is 0 Å². The lowest BCUT2D eigenvalue weighted by Crippen LogP contribution is -2.19. The first-order chi connectivity index (χ1) is 9.69. The second kappa shape index (κ2) is 5.54. The average Bonchev–Trinajstić information content (AvgIpc) is 2.89. The molecular weight excluding hydrogens is 321 g/mol. The second-order valence-corrected chi connectivity index (χ2v) is 5.77. The highest BCUT2D eigenvalue weighted by atomic mass is 79.9. The molecule has 1 aliphatic heterocycles. The van der Waals surface area contributed by atoms with Gasteiger partial charge in [-0.1, -0.05) is 34.1 Å². The molecular formula is C16H15BrFNO. The zero-order valence-corrected chi connectivity index (χ0v) is 12.7. The van der Waals surface area contributed by atoms with Crippen molar-refractivity contribution in [3.63, 3.8) is 0 Å². The zero-order valence-electron chi connectivity index (χ0n) is 11.1. The Kier molecular flexibility index (Phi) is 3.76. The molecule has 0 radical (unpaired) electrons. The van der Waals surface area contributed by atoms with E-state index in [9.17, 15) is 4.39 Å². The van der Waals surface area contributed by atoms with Gasteiger partial charge in [-0.15, -0.1) is 0 Å². The molecule has 20 heavy (non-hydrogen) atoms. The molecule has 0 spiro atoms. The Morgan fingerprint density at radius 3 is 2.85 bits per heavy atom. The molecule has 3 rings (SSSR count). The highest BCUT2D eigenvalue weighted by molar-refractivity contribution is 9.10. The molecule has 4 heteroatoms. The molecule has 0 amide bonds. The summed E-state index contributed by atoms with van der Waals surface area (Å²) in [5.74, 6) is 0.732. The molecule has 0 aliphatic carbocycles. The van der Waals surface area contributed by atoms with Gasteiger partial charge in [-0.05, 0) is 36.4 Å². The van der Waals surface area contributed by atoms with Crippen molar-refractivity contribution in [3.8, 4) is 5.75 Å². The number of hydrogen-bond acceptors (Lipinski definition) is 2. The van der Waals surface area contributed by atoms with Crippen LogP contribution in [0.2, 0.25) is 0 Å². The van der Waals surface area contributed by atoms with E-state index in [2.05, 4.69) is 27.3 Å². The Morgan fingerprint density at radius 2 is 2.10 bits per heavy atom. The number of hydrogen-bond donors (Lipinski definition) is 1. The molecule has 0 bridgehead atoms. The summed E-state index contributed by atoms with van der Waals surface area (Å²) in [6.45, 7) is 0.732. The van der Waals surface area contributed by atoms with E-state index in [1.165, 1.54) is 11.6 Å². The molecule has 1 N–H and O–H groups in total. The van der Waals surface area contributed by atoms with Crippen molar-refractivity contribution in [1.29, 1.82) is 0 Å². The van der Waals surface area contributed by atoms with Crippen LogP contribution < -0.4 is 10.1 Å². The van der Waals surface area contributed by atoms with Crippen LogP contribution >= 0.6 is 15.9 Å². The number of nitrogens with one attached hydrogen (secondary N) is 1. The van der Waals surface area contributed by atoms with E-state index in [0.29, 0.717) is 5.56 Å². The van der Waals surface area contributed by atoms with Gasteiger partial charge in [0, 0.05) is 16.5 Å². The average molecular weight is 336 g/mol. The molecule has 0 saturated heterocycles. The minimum Gasteiger partial charge on any atom is -0.493 e. The quantitative estimate of drug-likeness (QED) is 0.920. The van der Waals surface area contributed by atoms with Crippen LogP contribution in [-0.2, 0) is 6.42 Å². The van der Waals surface area contributed by atoms with E-state index < -0.39 is 0 Å². The SMILES string of the molecule is CNC(c1ccc2c(c1)CCO2)c1ccc(Br)cc1F. The highest BCUT2D eigenvalue weighted by Gasteiger charge is 2.19. The van der Waals surface area contributed by atoms with Crippen molar-refractivity contribution >= 4 is 15.9 Å². The van der Waals surface area contributed by atoms with Crippen LogP contribution in [0.1, 0.15) is 22.7 Å². The second-order valence-electron chi connectivity index (χ2n) is 4.85. The van der Waals surface area contributed by atoms with Crippen molar-refractivity contribution in [2.75, 3.05) is 13.7 Å². The van der Waals surface area contributed by atoms with E-state index >= 15 is 0 Å². The Balaban J connectivity index is 2.01. The van der Waals surface area contributed by atoms with E-state index in [-0.39, 0.29) is 11.9 Å². The topological polar surface area (TPSA) is 21.3 Å². The molecule has 2 aromatic rings. The van der Waals surface area contributed by atoms with Crippen LogP contribution in [0.25, 0.3) is 0 Å². The molecule has 104 valence electrons. The minimum atomic E-state index is -0.213. The third kappa shape index (κ3) is 2.45. The van der Waals surface area contributed by atoms with Gasteiger partial charge in [-0.3, -0.25) is 0 Å². The lowest BCUT2D eigenvalue weighted by atomic mass is 9.96. The van der Waals surface area contributed by atoms with Crippen LogP contribution in [-0.4, -0.2) is 13.7 Å². The Labute approximate surface area is 126 Å². The summed E-state index contributed by atoms with van der Waals surface area (Å²) in [5, 5.41) is 3.19. The third-order valence-electron chi connectivity index (χ3n) is 3.61. The van der Waals surface area contributed by atoms with Gasteiger partial charge in [0.05, 0.1) is 12.6 Å². The van der Waals surface area contributed by atoms with Crippen LogP contribution in [0.4, 0.5) is 4.39 Å². The standard InChI is InChI=1S/C16H15BrFNO/c1-19-16(13-4-3-12(17)9-14(13)18)11-2-5-15-10(8-11)6-7-20-15/h2-5,8-9,16,19H,6-7H2,1H3. The van der Waals surface area contributed by atoms with Gasteiger partial charge >= 0.3 is 0 Å². The fourth-order valence-electron chi connectivity index (χ4n) is 2.62. The Bertz CT molecular complexity index is 644. The third-order valence-corrected chi connectivity index (χ3v) is 4.10. The number of halogens is 2. The molecule has 0 fully saturated rings. The van der Waals surface area contributed by atoms with Crippen molar-refractivity contribution in [2.24, 2.45) is 0 Å². The largest absolute Gasteiger partial charge is 0.493 e. The van der Waals surface area contributed by atoms with Gasteiger partial charge in [0.1, 0.15) is 11.6 Å². The van der Waals surface area contributed by atoms with Crippen molar-refractivity contribution in [1.82, 2.24) is 5.32 Å². The van der Waals surface area contributed by atoms with Crippen LogP contribution in [0.5, 0.6) is 5.75 Å². The molecule has 0 aromatic heterocycles. The Hall–Kier alpha value is -1.39. The van der Waals surface area contributed by atoms with E-state index in [1.807, 2.05) is 31.3 Å². The summed E-state index contributed by atoms with van der Waals surface area (Å²) in [7, 11) is 1.84. The van der Waals surface area contributed by atoms with Crippen LogP contribution in [0.3, 0.4) is 0 Å².